The Labute approximate surface area is 154 Å². The van der Waals surface area contributed by atoms with Crippen molar-refractivity contribution in [1.29, 1.82) is 0 Å². The zero-order chi connectivity index (χ0) is 18.3. The number of aliphatic hydroxyl groups is 1. The molecule has 0 unspecified atom stereocenters. The second-order valence-electron chi connectivity index (χ2n) is 8.25. The molecule has 2 N–H and O–H groups in total. The molecule has 26 heavy (non-hydrogen) atoms. The van der Waals surface area contributed by atoms with E-state index in [9.17, 15) is 9.90 Å². The lowest BCUT2D eigenvalue weighted by Crippen LogP contribution is -2.54. The largest absolute Gasteiger partial charge is 0.461 e. The first-order chi connectivity index (χ1) is 12.5. The number of pyridine rings is 1. The molecule has 0 spiro atoms. The van der Waals surface area contributed by atoms with Crippen LogP contribution in [0.25, 0.3) is 0 Å². The highest BCUT2D eigenvalue weighted by molar-refractivity contribution is 5.76. The summed E-state index contributed by atoms with van der Waals surface area (Å²) in [6.45, 7) is 5.52. The van der Waals surface area contributed by atoms with Gasteiger partial charge >= 0.3 is 5.97 Å². The van der Waals surface area contributed by atoms with Crippen molar-refractivity contribution >= 4 is 5.97 Å². The van der Waals surface area contributed by atoms with Crippen LogP contribution in [-0.4, -0.2) is 34.8 Å². The van der Waals surface area contributed by atoms with E-state index in [2.05, 4.69) is 30.2 Å². The number of hydrogen-bond acceptors (Lipinski definition) is 5. The number of nitrogens with zero attached hydrogens (tertiary/aromatic N) is 1. The van der Waals surface area contributed by atoms with Crippen LogP contribution in [0.4, 0.5) is 0 Å². The van der Waals surface area contributed by atoms with Gasteiger partial charge < -0.3 is 15.2 Å². The molecular weight excluding hydrogens is 328 g/mol. The van der Waals surface area contributed by atoms with Crippen LogP contribution in [0.15, 0.2) is 36.0 Å². The summed E-state index contributed by atoms with van der Waals surface area (Å²) in [4.78, 5) is 16.8. The van der Waals surface area contributed by atoms with Gasteiger partial charge in [-0.25, -0.2) is 0 Å². The van der Waals surface area contributed by atoms with Gasteiger partial charge in [0.25, 0.3) is 0 Å². The van der Waals surface area contributed by atoms with Crippen LogP contribution in [-0.2, 0) is 16.1 Å². The summed E-state index contributed by atoms with van der Waals surface area (Å²) < 4.78 is 5.68. The first-order valence-electron chi connectivity index (χ1n) is 9.70. The van der Waals surface area contributed by atoms with E-state index in [0.717, 1.165) is 25.0 Å². The molecule has 140 valence electrons. The SMILES string of the molecule is C[C@H]1CCC=C2C[C@H]3OC(=O)[C@@H](CNCc4ccccn4)[C@H]3[C@H](O)[C@@]21C. The molecule has 0 radical (unpaired) electrons. The molecular formula is C21H28N2O3. The summed E-state index contributed by atoms with van der Waals surface area (Å²) in [5.41, 5.74) is 1.98. The monoisotopic (exact) mass is 356 g/mol. The fourth-order valence-electron chi connectivity index (χ4n) is 5.16. The van der Waals surface area contributed by atoms with E-state index in [1.807, 2.05) is 18.2 Å². The molecule has 1 aromatic heterocycles. The van der Waals surface area contributed by atoms with E-state index < -0.39 is 6.10 Å². The maximum atomic E-state index is 12.5. The van der Waals surface area contributed by atoms with Crippen LogP contribution < -0.4 is 5.32 Å². The third-order valence-electron chi connectivity index (χ3n) is 6.97. The van der Waals surface area contributed by atoms with Gasteiger partial charge in [-0.05, 0) is 30.9 Å². The number of esters is 1. The van der Waals surface area contributed by atoms with E-state index in [1.165, 1.54) is 5.57 Å². The minimum Gasteiger partial charge on any atom is -0.461 e. The Morgan fingerprint density at radius 1 is 1.42 bits per heavy atom. The third kappa shape index (κ3) is 2.78. The lowest BCUT2D eigenvalue weighted by Gasteiger charge is -2.51. The lowest BCUT2D eigenvalue weighted by molar-refractivity contribution is -0.144. The highest BCUT2D eigenvalue weighted by atomic mass is 16.6. The number of nitrogens with one attached hydrogen (secondary N) is 1. The predicted molar refractivity (Wildman–Crippen MR) is 98.0 cm³/mol. The Hall–Kier alpha value is -1.72. The predicted octanol–water partition coefficient (Wildman–Crippen LogP) is 2.46. The molecule has 3 aliphatic rings. The molecule has 4 rings (SSSR count). The van der Waals surface area contributed by atoms with Crippen LogP contribution >= 0.6 is 0 Å². The third-order valence-corrected chi connectivity index (χ3v) is 6.97. The van der Waals surface area contributed by atoms with Gasteiger partial charge in [0.1, 0.15) is 6.10 Å². The Bertz CT molecular complexity index is 704. The summed E-state index contributed by atoms with van der Waals surface area (Å²) in [7, 11) is 0. The van der Waals surface area contributed by atoms with Crippen molar-refractivity contribution in [3.05, 3.63) is 41.7 Å². The van der Waals surface area contributed by atoms with Crippen molar-refractivity contribution in [3.63, 3.8) is 0 Å². The number of allylic oxidation sites excluding steroid dienone is 1. The summed E-state index contributed by atoms with van der Waals surface area (Å²) in [5.74, 6) is -0.202. The summed E-state index contributed by atoms with van der Waals surface area (Å²) in [5, 5.41) is 14.6. The zero-order valence-electron chi connectivity index (χ0n) is 15.5. The molecule has 2 fully saturated rings. The molecule has 1 saturated carbocycles. The van der Waals surface area contributed by atoms with Crippen molar-refractivity contribution in [3.8, 4) is 0 Å². The molecule has 0 bridgehead atoms. The molecule has 5 heteroatoms. The van der Waals surface area contributed by atoms with Gasteiger partial charge in [-0.1, -0.05) is 31.6 Å². The van der Waals surface area contributed by atoms with E-state index in [0.29, 0.717) is 19.0 Å². The number of fused-ring (bicyclic) bond motifs is 2. The molecule has 6 atom stereocenters. The zero-order valence-corrected chi connectivity index (χ0v) is 15.5. The van der Waals surface area contributed by atoms with Gasteiger partial charge in [0.2, 0.25) is 0 Å². The maximum Gasteiger partial charge on any atom is 0.311 e. The van der Waals surface area contributed by atoms with E-state index in [4.69, 9.17) is 4.74 Å². The molecule has 2 heterocycles. The highest BCUT2D eigenvalue weighted by Crippen LogP contribution is 2.55. The van der Waals surface area contributed by atoms with Crippen molar-refractivity contribution in [2.75, 3.05) is 6.54 Å². The van der Waals surface area contributed by atoms with Crippen LogP contribution in [0.5, 0.6) is 0 Å². The van der Waals surface area contributed by atoms with Crippen LogP contribution in [0.2, 0.25) is 0 Å². The topological polar surface area (TPSA) is 71.5 Å². The first-order valence-corrected chi connectivity index (χ1v) is 9.70. The molecule has 0 amide bonds. The average Bonchev–Trinajstić information content (AvgIpc) is 2.94. The number of aliphatic hydroxyl groups excluding tert-OH is 1. The Morgan fingerprint density at radius 3 is 3.04 bits per heavy atom. The highest BCUT2D eigenvalue weighted by Gasteiger charge is 2.59. The number of carbonyl (C=O) groups excluding carboxylic acids is 1. The Morgan fingerprint density at radius 2 is 2.27 bits per heavy atom. The second-order valence-corrected chi connectivity index (χ2v) is 8.25. The fraction of sp³-hybridized carbons (Fsp3) is 0.619. The number of ether oxygens (including phenoxy) is 1. The van der Waals surface area contributed by atoms with Crippen molar-refractivity contribution in [2.45, 2.75) is 51.9 Å². The van der Waals surface area contributed by atoms with Gasteiger partial charge in [-0.2, -0.15) is 0 Å². The molecule has 2 aliphatic carbocycles. The van der Waals surface area contributed by atoms with Gasteiger partial charge in [0.15, 0.2) is 0 Å². The minimum atomic E-state index is -0.545. The number of rotatable bonds is 4. The fourth-order valence-corrected chi connectivity index (χ4v) is 5.16. The van der Waals surface area contributed by atoms with E-state index >= 15 is 0 Å². The normalized spacial score (nSPS) is 39.0. The van der Waals surface area contributed by atoms with Crippen molar-refractivity contribution in [1.82, 2.24) is 10.3 Å². The second kappa shape index (κ2) is 6.78. The summed E-state index contributed by atoms with van der Waals surface area (Å²) in [6, 6.07) is 5.80. The van der Waals surface area contributed by atoms with E-state index in [-0.39, 0.29) is 29.3 Å². The standard InChI is InChI=1S/C21H28N2O3/c1-13-6-5-7-14-10-17-18(19(24)21(13,14)2)16(20(25)26-17)12-22-11-15-8-3-4-9-23-15/h3-4,7-9,13,16-19,22,24H,5-6,10-12H2,1-2H3/t13-,16-,17+,18+,19-,21+/m0/s1. The average molecular weight is 356 g/mol. The molecule has 1 saturated heterocycles. The van der Waals surface area contributed by atoms with Gasteiger partial charge in [-0.15, -0.1) is 0 Å². The molecule has 5 nitrogen and oxygen atoms in total. The van der Waals surface area contributed by atoms with Crippen molar-refractivity contribution in [2.24, 2.45) is 23.2 Å². The van der Waals surface area contributed by atoms with Gasteiger partial charge in [0.05, 0.1) is 17.7 Å². The molecule has 0 aromatic carbocycles. The van der Waals surface area contributed by atoms with E-state index in [1.54, 1.807) is 6.20 Å². The van der Waals surface area contributed by atoms with Crippen LogP contribution in [0.1, 0.15) is 38.8 Å². The summed E-state index contributed by atoms with van der Waals surface area (Å²) >= 11 is 0. The van der Waals surface area contributed by atoms with Crippen LogP contribution in [0, 0.1) is 23.2 Å². The lowest BCUT2D eigenvalue weighted by atomic mass is 9.55. The Balaban J connectivity index is 1.50. The molecule has 1 aliphatic heterocycles. The number of aromatic nitrogens is 1. The maximum absolute atomic E-state index is 12.5. The van der Waals surface area contributed by atoms with Gasteiger partial charge in [0, 0.05) is 37.0 Å². The van der Waals surface area contributed by atoms with Crippen LogP contribution in [0.3, 0.4) is 0 Å². The summed E-state index contributed by atoms with van der Waals surface area (Å²) in [6.07, 6.45) is 6.21. The Kier molecular flexibility index (Phi) is 4.61. The smallest absolute Gasteiger partial charge is 0.311 e. The van der Waals surface area contributed by atoms with Crippen molar-refractivity contribution < 1.29 is 14.6 Å². The molecule has 1 aromatic rings. The van der Waals surface area contributed by atoms with Gasteiger partial charge in [-0.3, -0.25) is 9.78 Å². The first kappa shape index (κ1) is 17.7. The quantitative estimate of drug-likeness (QED) is 0.640. The number of hydrogen-bond donors (Lipinski definition) is 2. The minimum absolute atomic E-state index is 0.138. The number of carbonyl (C=O) groups is 1.